The molecule has 2 N–H and O–H groups in total. The highest BCUT2D eigenvalue weighted by Crippen LogP contribution is 2.29. The van der Waals surface area contributed by atoms with E-state index in [-0.39, 0.29) is 0 Å². The molecule has 0 aliphatic carbocycles. The van der Waals surface area contributed by atoms with Crippen molar-refractivity contribution in [3.05, 3.63) is 34.8 Å². The molecule has 1 heterocycles. The quantitative estimate of drug-likeness (QED) is 0.691. The highest BCUT2D eigenvalue weighted by Gasteiger charge is 2.06. The van der Waals surface area contributed by atoms with E-state index >= 15 is 0 Å². The molecular formula is C13H13N3OS2. The monoisotopic (exact) mass is 291 g/mol. The normalized spacial score (nSPS) is 9.79. The average Bonchev–Trinajstić information content (AvgIpc) is 2.96. The minimum Gasteiger partial charge on any atom is -0.496 e. The van der Waals surface area contributed by atoms with Crippen LogP contribution in [0.2, 0.25) is 0 Å². The predicted octanol–water partition coefficient (Wildman–Crippen LogP) is 2.15. The van der Waals surface area contributed by atoms with Gasteiger partial charge in [-0.1, -0.05) is 34.9 Å². The molecule has 6 heteroatoms. The molecule has 0 aliphatic rings. The summed E-state index contributed by atoms with van der Waals surface area (Å²) in [5.74, 6) is 7.50. The number of methoxy groups -OCH3 is 1. The van der Waals surface area contributed by atoms with E-state index in [0.717, 1.165) is 27.0 Å². The van der Waals surface area contributed by atoms with Gasteiger partial charge in [0.1, 0.15) is 11.3 Å². The summed E-state index contributed by atoms with van der Waals surface area (Å²) >= 11 is 3.16. The van der Waals surface area contributed by atoms with Crippen molar-refractivity contribution in [1.29, 1.82) is 0 Å². The largest absolute Gasteiger partial charge is 0.496 e. The Labute approximate surface area is 120 Å². The number of nitrogens with two attached hydrogens (primary N) is 1. The first-order valence-electron chi connectivity index (χ1n) is 5.58. The van der Waals surface area contributed by atoms with Crippen LogP contribution in [0.4, 0.5) is 0 Å². The van der Waals surface area contributed by atoms with Gasteiger partial charge in [0.2, 0.25) is 0 Å². The van der Waals surface area contributed by atoms with E-state index in [1.165, 1.54) is 11.3 Å². The van der Waals surface area contributed by atoms with E-state index in [2.05, 4.69) is 22.0 Å². The maximum Gasteiger partial charge on any atom is 0.174 e. The molecule has 0 unspecified atom stereocenters. The lowest BCUT2D eigenvalue weighted by molar-refractivity contribution is 0.411. The van der Waals surface area contributed by atoms with E-state index < -0.39 is 0 Å². The fourth-order valence-corrected chi connectivity index (χ4v) is 2.95. The topological polar surface area (TPSA) is 61.0 Å². The molecule has 98 valence electrons. The zero-order chi connectivity index (χ0) is 13.5. The lowest BCUT2D eigenvalue weighted by Crippen LogP contribution is -1.94. The third-order valence-electron chi connectivity index (χ3n) is 2.31. The van der Waals surface area contributed by atoms with Crippen LogP contribution >= 0.6 is 23.1 Å². The second-order valence-corrected chi connectivity index (χ2v) is 5.58. The van der Waals surface area contributed by atoms with Crippen LogP contribution in [0.5, 0.6) is 5.75 Å². The molecule has 2 aromatic rings. The standard InChI is InChI=1S/C13H13N3OS2/c1-17-12-5-4-10(3-2-6-14)7-11(12)8-18-13-16-15-9-19-13/h4-5,7,9H,6,8,14H2,1H3. The smallest absolute Gasteiger partial charge is 0.174 e. The van der Waals surface area contributed by atoms with Gasteiger partial charge >= 0.3 is 0 Å². The van der Waals surface area contributed by atoms with Gasteiger partial charge in [-0.3, -0.25) is 0 Å². The van der Waals surface area contributed by atoms with E-state index in [0.29, 0.717) is 6.54 Å². The van der Waals surface area contributed by atoms with Crippen LogP contribution in [-0.2, 0) is 5.75 Å². The Morgan fingerprint density at radius 2 is 2.37 bits per heavy atom. The molecule has 0 radical (unpaired) electrons. The number of rotatable bonds is 4. The molecule has 1 aromatic heterocycles. The number of hydrogen-bond acceptors (Lipinski definition) is 6. The van der Waals surface area contributed by atoms with Crippen molar-refractivity contribution >= 4 is 23.1 Å². The third kappa shape index (κ3) is 3.96. The Hall–Kier alpha value is -1.55. The predicted molar refractivity (Wildman–Crippen MR) is 78.4 cm³/mol. The minimum absolute atomic E-state index is 0.362. The molecular weight excluding hydrogens is 278 g/mol. The Kier molecular flexibility index (Phi) is 5.21. The van der Waals surface area contributed by atoms with Gasteiger partial charge in [0.15, 0.2) is 4.34 Å². The first-order chi connectivity index (χ1) is 9.33. The van der Waals surface area contributed by atoms with Crippen molar-refractivity contribution in [2.75, 3.05) is 13.7 Å². The highest BCUT2D eigenvalue weighted by molar-refractivity contribution is 8.00. The number of hydrogen-bond donors (Lipinski definition) is 1. The Balaban J connectivity index is 2.16. The fourth-order valence-electron chi connectivity index (χ4n) is 1.49. The Morgan fingerprint density at radius 3 is 3.05 bits per heavy atom. The van der Waals surface area contributed by atoms with Crippen LogP contribution in [0.25, 0.3) is 0 Å². The molecule has 0 amide bonds. The molecule has 0 bridgehead atoms. The van der Waals surface area contributed by atoms with E-state index in [9.17, 15) is 0 Å². The van der Waals surface area contributed by atoms with Crippen LogP contribution in [0.15, 0.2) is 28.0 Å². The fraction of sp³-hybridized carbons (Fsp3) is 0.231. The number of nitrogens with zero attached hydrogens (tertiary/aromatic N) is 2. The molecule has 0 spiro atoms. The average molecular weight is 291 g/mol. The summed E-state index contributed by atoms with van der Waals surface area (Å²) in [4.78, 5) is 0. The van der Waals surface area contributed by atoms with Crippen molar-refractivity contribution in [2.45, 2.75) is 10.1 Å². The van der Waals surface area contributed by atoms with Crippen molar-refractivity contribution in [3.63, 3.8) is 0 Å². The Bertz CT molecular complexity index is 588. The number of aromatic nitrogens is 2. The second-order valence-electron chi connectivity index (χ2n) is 3.53. The van der Waals surface area contributed by atoms with Crippen molar-refractivity contribution < 1.29 is 4.74 Å². The highest BCUT2D eigenvalue weighted by atomic mass is 32.2. The summed E-state index contributed by atoms with van der Waals surface area (Å²) in [7, 11) is 1.67. The van der Waals surface area contributed by atoms with Gasteiger partial charge in [-0.2, -0.15) is 0 Å². The lowest BCUT2D eigenvalue weighted by Gasteiger charge is -2.07. The van der Waals surface area contributed by atoms with Crippen LogP contribution in [0.3, 0.4) is 0 Å². The van der Waals surface area contributed by atoms with Crippen molar-refractivity contribution in [3.8, 4) is 17.6 Å². The van der Waals surface area contributed by atoms with Crippen LogP contribution in [0.1, 0.15) is 11.1 Å². The van der Waals surface area contributed by atoms with E-state index in [1.54, 1.807) is 24.4 Å². The zero-order valence-electron chi connectivity index (χ0n) is 10.4. The molecule has 4 nitrogen and oxygen atoms in total. The van der Waals surface area contributed by atoms with Crippen LogP contribution in [0, 0.1) is 11.8 Å². The van der Waals surface area contributed by atoms with Gasteiger partial charge < -0.3 is 10.5 Å². The number of benzene rings is 1. The first kappa shape index (κ1) is 13.9. The van der Waals surface area contributed by atoms with Gasteiger partial charge in [0.25, 0.3) is 0 Å². The maximum absolute atomic E-state index is 5.38. The van der Waals surface area contributed by atoms with Gasteiger partial charge in [-0.05, 0) is 18.2 Å². The molecule has 1 aromatic carbocycles. The molecule has 19 heavy (non-hydrogen) atoms. The minimum atomic E-state index is 0.362. The van der Waals surface area contributed by atoms with Gasteiger partial charge in [0, 0.05) is 16.9 Å². The van der Waals surface area contributed by atoms with E-state index in [4.69, 9.17) is 10.5 Å². The summed E-state index contributed by atoms with van der Waals surface area (Å²) in [6, 6.07) is 5.88. The second kappa shape index (κ2) is 7.14. The molecule has 2 rings (SSSR count). The SMILES string of the molecule is COc1ccc(C#CCN)cc1CSc1nncs1. The van der Waals surface area contributed by atoms with E-state index in [1.807, 2.05) is 18.2 Å². The molecule has 0 saturated heterocycles. The van der Waals surface area contributed by atoms with Crippen molar-refractivity contribution in [1.82, 2.24) is 10.2 Å². The molecule has 0 fully saturated rings. The summed E-state index contributed by atoms with van der Waals surface area (Å²) in [6.07, 6.45) is 0. The van der Waals surface area contributed by atoms with Crippen LogP contribution in [-0.4, -0.2) is 23.9 Å². The van der Waals surface area contributed by atoms with Gasteiger partial charge in [-0.25, -0.2) is 0 Å². The summed E-state index contributed by atoms with van der Waals surface area (Å²) < 4.78 is 6.30. The zero-order valence-corrected chi connectivity index (χ0v) is 12.1. The van der Waals surface area contributed by atoms with Gasteiger partial charge in [0.05, 0.1) is 13.7 Å². The summed E-state index contributed by atoms with van der Waals surface area (Å²) in [6.45, 7) is 0.362. The molecule has 0 aliphatic heterocycles. The van der Waals surface area contributed by atoms with Crippen LogP contribution < -0.4 is 10.5 Å². The summed E-state index contributed by atoms with van der Waals surface area (Å²) in [5, 5.41) is 7.82. The third-order valence-corrected chi connectivity index (χ3v) is 4.22. The molecule has 0 atom stereocenters. The summed E-state index contributed by atoms with van der Waals surface area (Å²) in [5.41, 5.74) is 9.13. The van der Waals surface area contributed by atoms with Crippen molar-refractivity contribution in [2.24, 2.45) is 5.73 Å². The number of thioether (sulfide) groups is 1. The van der Waals surface area contributed by atoms with Gasteiger partial charge in [-0.15, -0.1) is 10.2 Å². The lowest BCUT2D eigenvalue weighted by atomic mass is 10.1. The Morgan fingerprint density at radius 1 is 1.47 bits per heavy atom. The molecule has 0 saturated carbocycles. The number of ether oxygens (including phenoxy) is 1. The maximum atomic E-state index is 5.38. The first-order valence-corrected chi connectivity index (χ1v) is 7.45.